The van der Waals surface area contributed by atoms with Crippen molar-refractivity contribution in [3.05, 3.63) is 0 Å². The summed E-state index contributed by atoms with van der Waals surface area (Å²) in [5.41, 5.74) is 5.81. The number of unbranched alkanes of at least 4 members (excludes halogenated alkanes) is 3. The number of carbonyl (C=O) groups excluding carboxylic acids is 1. The van der Waals surface area contributed by atoms with Crippen LogP contribution < -0.4 is 11.1 Å². The molecule has 0 saturated heterocycles. The Kier molecular flexibility index (Phi) is 7.48. The fourth-order valence-electron chi connectivity index (χ4n) is 2.49. The molecule has 4 N–H and O–H groups in total. The van der Waals surface area contributed by atoms with Gasteiger partial charge in [-0.15, -0.1) is 0 Å². The Hall–Kier alpha value is -1.10. The Morgan fingerprint density at radius 2 is 1.68 bits per heavy atom. The highest BCUT2D eigenvalue weighted by Crippen LogP contribution is 2.23. The third-order valence-electron chi connectivity index (χ3n) is 3.76. The summed E-state index contributed by atoms with van der Waals surface area (Å²) >= 11 is 0. The molecule has 1 amide bonds. The van der Waals surface area contributed by atoms with E-state index in [-0.39, 0.29) is 24.3 Å². The Labute approximate surface area is 114 Å². The summed E-state index contributed by atoms with van der Waals surface area (Å²) in [6, 6.07) is 0.276. The molecule has 0 atom stereocenters. The predicted octanol–water partition coefficient (Wildman–Crippen LogP) is 1.66. The quantitative estimate of drug-likeness (QED) is 0.585. The summed E-state index contributed by atoms with van der Waals surface area (Å²) in [5.74, 6) is -0.423. The van der Waals surface area contributed by atoms with E-state index in [9.17, 15) is 9.59 Å². The molecule has 0 radical (unpaired) electrons. The van der Waals surface area contributed by atoms with E-state index < -0.39 is 5.97 Å². The van der Waals surface area contributed by atoms with E-state index in [1.165, 1.54) is 0 Å². The third kappa shape index (κ3) is 7.15. The molecule has 0 aliphatic heterocycles. The van der Waals surface area contributed by atoms with Crippen molar-refractivity contribution in [3.8, 4) is 0 Å². The molecule has 19 heavy (non-hydrogen) atoms. The lowest BCUT2D eigenvalue weighted by molar-refractivity contribution is -0.137. The molecule has 0 unspecified atom stereocenters. The Bertz CT molecular complexity index is 286. The van der Waals surface area contributed by atoms with Gasteiger partial charge in [-0.2, -0.15) is 0 Å². The number of hydrogen-bond acceptors (Lipinski definition) is 3. The third-order valence-corrected chi connectivity index (χ3v) is 3.76. The van der Waals surface area contributed by atoms with Crippen LogP contribution >= 0.6 is 0 Å². The summed E-state index contributed by atoms with van der Waals surface area (Å²) in [6.07, 6.45) is 7.51. The minimum absolute atomic E-state index is 0.145. The second-order valence-corrected chi connectivity index (χ2v) is 5.46. The van der Waals surface area contributed by atoms with E-state index in [2.05, 4.69) is 5.32 Å². The summed E-state index contributed by atoms with van der Waals surface area (Å²) in [7, 11) is 0. The largest absolute Gasteiger partial charge is 0.481 e. The van der Waals surface area contributed by atoms with Crippen molar-refractivity contribution in [1.82, 2.24) is 5.32 Å². The smallest absolute Gasteiger partial charge is 0.303 e. The molecule has 0 heterocycles. The second-order valence-electron chi connectivity index (χ2n) is 5.46. The van der Waals surface area contributed by atoms with Crippen LogP contribution in [0.15, 0.2) is 0 Å². The topological polar surface area (TPSA) is 92.4 Å². The van der Waals surface area contributed by atoms with Gasteiger partial charge in [0.25, 0.3) is 0 Å². The van der Waals surface area contributed by atoms with Gasteiger partial charge < -0.3 is 16.2 Å². The summed E-state index contributed by atoms with van der Waals surface area (Å²) < 4.78 is 0. The monoisotopic (exact) mass is 270 g/mol. The van der Waals surface area contributed by atoms with Crippen LogP contribution in [0.4, 0.5) is 0 Å². The number of carboxylic acids is 1. The standard InChI is InChI=1S/C14H26N2O3/c15-12-8-6-11(7-9-12)14(19)16-10-4-2-1-3-5-13(17)18/h11-12H,1-10,15H2,(H,16,19)(H,17,18). The molecule has 0 aromatic heterocycles. The molecule has 110 valence electrons. The zero-order chi connectivity index (χ0) is 14.1. The average molecular weight is 270 g/mol. The van der Waals surface area contributed by atoms with Crippen molar-refractivity contribution >= 4 is 11.9 Å². The molecule has 1 aliphatic rings. The van der Waals surface area contributed by atoms with Crippen molar-refractivity contribution in [1.29, 1.82) is 0 Å². The molecule has 0 spiro atoms. The van der Waals surface area contributed by atoms with Crippen molar-refractivity contribution < 1.29 is 14.7 Å². The molecule has 5 nitrogen and oxygen atoms in total. The van der Waals surface area contributed by atoms with Gasteiger partial charge in [-0.05, 0) is 38.5 Å². The lowest BCUT2D eigenvalue weighted by Crippen LogP contribution is -2.36. The van der Waals surface area contributed by atoms with E-state index in [4.69, 9.17) is 10.8 Å². The van der Waals surface area contributed by atoms with Gasteiger partial charge in [0.1, 0.15) is 0 Å². The van der Waals surface area contributed by atoms with E-state index >= 15 is 0 Å². The minimum atomic E-state index is -0.733. The van der Waals surface area contributed by atoms with Crippen LogP contribution in [0, 0.1) is 5.92 Å². The van der Waals surface area contributed by atoms with Gasteiger partial charge in [-0.3, -0.25) is 9.59 Å². The number of nitrogens with one attached hydrogen (secondary N) is 1. The minimum Gasteiger partial charge on any atom is -0.481 e. The number of aliphatic carboxylic acids is 1. The lowest BCUT2D eigenvalue weighted by Gasteiger charge is -2.25. The number of amides is 1. The SMILES string of the molecule is NC1CCC(C(=O)NCCCCCCC(=O)O)CC1. The molecular formula is C14H26N2O3. The van der Waals surface area contributed by atoms with Crippen LogP contribution in [0.5, 0.6) is 0 Å². The maximum atomic E-state index is 11.9. The van der Waals surface area contributed by atoms with E-state index in [0.717, 1.165) is 51.4 Å². The van der Waals surface area contributed by atoms with E-state index in [0.29, 0.717) is 6.54 Å². The highest BCUT2D eigenvalue weighted by molar-refractivity contribution is 5.78. The summed E-state index contributed by atoms with van der Waals surface area (Å²) in [4.78, 5) is 22.2. The Morgan fingerprint density at radius 3 is 2.32 bits per heavy atom. The molecule has 0 aromatic carbocycles. The van der Waals surface area contributed by atoms with Gasteiger partial charge in [0.2, 0.25) is 5.91 Å². The first kappa shape index (κ1) is 16.0. The normalized spacial score (nSPS) is 23.0. The molecule has 1 aliphatic carbocycles. The zero-order valence-corrected chi connectivity index (χ0v) is 11.6. The van der Waals surface area contributed by atoms with Crippen LogP contribution in [0.3, 0.4) is 0 Å². The van der Waals surface area contributed by atoms with Gasteiger partial charge in [0.15, 0.2) is 0 Å². The number of rotatable bonds is 8. The fraction of sp³-hybridized carbons (Fsp3) is 0.857. The molecule has 0 bridgehead atoms. The highest BCUT2D eigenvalue weighted by Gasteiger charge is 2.23. The molecule has 1 fully saturated rings. The van der Waals surface area contributed by atoms with Crippen LogP contribution in [0.1, 0.15) is 57.8 Å². The summed E-state index contributed by atoms with van der Waals surface area (Å²) in [5, 5.41) is 11.5. The molecule has 1 saturated carbocycles. The molecular weight excluding hydrogens is 244 g/mol. The second kappa shape index (κ2) is 8.91. The average Bonchev–Trinajstić information content (AvgIpc) is 2.38. The van der Waals surface area contributed by atoms with Gasteiger partial charge in [-0.1, -0.05) is 12.8 Å². The number of nitrogens with two attached hydrogens (primary N) is 1. The van der Waals surface area contributed by atoms with Crippen molar-refractivity contribution in [3.63, 3.8) is 0 Å². The van der Waals surface area contributed by atoms with Crippen molar-refractivity contribution in [2.24, 2.45) is 11.7 Å². The highest BCUT2D eigenvalue weighted by atomic mass is 16.4. The van der Waals surface area contributed by atoms with Crippen LogP contribution in [0.25, 0.3) is 0 Å². The molecule has 5 heteroatoms. The maximum absolute atomic E-state index is 11.9. The predicted molar refractivity (Wildman–Crippen MR) is 73.7 cm³/mol. The van der Waals surface area contributed by atoms with E-state index in [1.807, 2.05) is 0 Å². The zero-order valence-electron chi connectivity index (χ0n) is 11.6. The molecule has 0 aromatic rings. The first-order chi connectivity index (χ1) is 9.09. The Morgan fingerprint density at radius 1 is 1.05 bits per heavy atom. The number of carboxylic acid groups (broad SMARTS) is 1. The number of hydrogen-bond donors (Lipinski definition) is 3. The lowest BCUT2D eigenvalue weighted by atomic mass is 9.86. The van der Waals surface area contributed by atoms with Crippen LogP contribution in [-0.4, -0.2) is 29.6 Å². The van der Waals surface area contributed by atoms with Crippen LogP contribution in [-0.2, 0) is 9.59 Å². The molecule has 1 rings (SSSR count). The van der Waals surface area contributed by atoms with Gasteiger partial charge in [0.05, 0.1) is 0 Å². The van der Waals surface area contributed by atoms with Gasteiger partial charge >= 0.3 is 5.97 Å². The van der Waals surface area contributed by atoms with E-state index in [1.54, 1.807) is 0 Å². The van der Waals surface area contributed by atoms with Crippen molar-refractivity contribution in [2.75, 3.05) is 6.54 Å². The number of carbonyl (C=O) groups is 2. The maximum Gasteiger partial charge on any atom is 0.303 e. The van der Waals surface area contributed by atoms with Crippen LogP contribution in [0.2, 0.25) is 0 Å². The summed E-state index contributed by atoms with van der Waals surface area (Å²) in [6.45, 7) is 0.703. The fourth-order valence-corrected chi connectivity index (χ4v) is 2.49. The first-order valence-electron chi connectivity index (χ1n) is 7.34. The van der Waals surface area contributed by atoms with Gasteiger partial charge in [0, 0.05) is 24.9 Å². The Balaban J connectivity index is 1.97. The first-order valence-corrected chi connectivity index (χ1v) is 7.34. The van der Waals surface area contributed by atoms with Gasteiger partial charge in [-0.25, -0.2) is 0 Å². The van der Waals surface area contributed by atoms with Crippen molar-refractivity contribution in [2.45, 2.75) is 63.8 Å².